The summed E-state index contributed by atoms with van der Waals surface area (Å²) in [4.78, 5) is 2.53. The Bertz CT molecular complexity index is 154. The van der Waals surface area contributed by atoms with Gasteiger partial charge < -0.3 is 10.0 Å². The second-order valence-corrected chi connectivity index (χ2v) is 4.62. The number of hydrogen-bond donors (Lipinski definition) is 1. The van der Waals surface area contributed by atoms with Gasteiger partial charge in [-0.2, -0.15) is 0 Å². The van der Waals surface area contributed by atoms with Gasteiger partial charge in [0.1, 0.15) is 0 Å². The van der Waals surface area contributed by atoms with E-state index >= 15 is 0 Å². The highest BCUT2D eigenvalue weighted by atomic mass is 16.3. The molecule has 2 rings (SSSR count). The zero-order valence-electron chi connectivity index (χ0n) is 8.41. The molecular formula is C11H21NO. The minimum absolute atomic E-state index is 0.00523. The van der Waals surface area contributed by atoms with Gasteiger partial charge in [0.05, 0.1) is 6.10 Å². The van der Waals surface area contributed by atoms with Gasteiger partial charge in [0.2, 0.25) is 0 Å². The molecule has 1 N–H and O–H groups in total. The number of aliphatic hydroxyl groups excluding tert-OH is 1. The lowest BCUT2D eigenvalue weighted by Crippen LogP contribution is -2.35. The van der Waals surface area contributed by atoms with Crippen LogP contribution in [0.1, 0.15) is 38.5 Å². The third-order valence-corrected chi connectivity index (χ3v) is 3.56. The fourth-order valence-electron chi connectivity index (χ4n) is 2.70. The van der Waals surface area contributed by atoms with E-state index in [1.54, 1.807) is 0 Å². The SMILES string of the molecule is OC1CCCCC1CN1CCCC1. The van der Waals surface area contributed by atoms with Crippen LogP contribution in [0, 0.1) is 5.92 Å². The monoisotopic (exact) mass is 183 g/mol. The van der Waals surface area contributed by atoms with Crippen LogP contribution in [-0.2, 0) is 0 Å². The van der Waals surface area contributed by atoms with Crippen molar-refractivity contribution in [3.05, 3.63) is 0 Å². The molecule has 13 heavy (non-hydrogen) atoms. The largest absolute Gasteiger partial charge is 0.393 e. The molecule has 1 aliphatic carbocycles. The summed E-state index contributed by atoms with van der Waals surface area (Å²) in [5, 5.41) is 9.80. The second kappa shape index (κ2) is 4.43. The molecule has 2 atom stereocenters. The smallest absolute Gasteiger partial charge is 0.0580 e. The van der Waals surface area contributed by atoms with E-state index in [0.29, 0.717) is 5.92 Å². The fraction of sp³-hybridized carbons (Fsp3) is 1.00. The van der Waals surface area contributed by atoms with Gasteiger partial charge >= 0.3 is 0 Å². The van der Waals surface area contributed by atoms with Crippen LogP contribution in [0.2, 0.25) is 0 Å². The Labute approximate surface area is 80.9 Å². The van der Waals surface area contributed by atoms with Crippen LogP contribution in [0.4, 0.5) is 0 Å². The van der Waals surface area contributed by atoms with Crippen molar-refractivity contribution in [2.45, 2.75) is 44.6 Å². The summed E-state index contributed by atoms with van der Waals surface area (Å²) in [6.07, 6.45) is 7.57. The fourth-order valence-corrected chi connectivity index (χ4v) is 2.70. The highest BCUT2D eigenvalue weighted by Crippen LogP contribution is 2.26. The first-order valence-electron chi connectivity index (χ1n) is 5.76. The predicted octanol–water partition coefficient (Wildman–Crippen LogP) is 1.63. The average Bonchev–Trinajstić information content (AvgIpc) is 2.61. The summed E-state index contributed by atoms with van der Waals surface area (Å²) in [6, 6.07) is 0. The minimum atomic E-state index is -0.00523. The van der Waals surface area contributed by atoms with Gasteiger partial charge in [-0.05, 0) is 44.7 Å². The molecule has 1 aliphatic heterocycles. The molecule has 2 aliphatic rings. The van der Waals surface area contributed by atoms with Gasteiger partial charge in [-0.3, -0.25) is 0 Å². The summed E-state index contributed by atoms with van der Waals surface area (Å²) < 4.78 is 0. The molecule has 76 valence electrons. The first-order valence-corrected chi connectivity index (χ1v) is 5.76. The maximum Gasteiger partial charge on any atom is 0.0580 e. The average molecular weight is 183 g/mol. The van der Waals surface area contributed by atoms with E-state index in [2.05, 4.69) is 4.90 Å². The summed E-state index contributed by atoms with van der Waals surface area (Å²) in [7, 11) is 0. The molecule has 0 aromatic rings. The Morgan fingerprint density at radius 1 is 1.00 bits per heavy atom. The summed E-state index contributed by atoms with van der Waals surface area (Å²) in [6.45, 7) is 3.69. The Morgan fingerprint density at radius 2 is 1.69 bits per heavy atom. The topological polar surface area (TPSA) is 23.5 Å². The Balaban J connectivity index is 1.78. The van der Waals surface area contributed by atoms with Gasteiger partial charge in [0.25, 0.3) is 0 Å². The molecule has 1 saturated heterocycles. The number of rotatable bonds is 2. The van der Waals surface area contributed by atoms with Crippen molar-refractivity contribution in [1.82, 2.24) is 4.90 Å². The van der Waals surface area contributed by atoms with Gasteiger partial charge in [-0.25, -0.2) is 0 Å². The van der Waals surface area contributed by atoms with Gasteiger partial charge in [-0.1, -0.05) is 12.8 Å². The van der Waals surface area contributed by atoms with Crippen LogP contribution in [0.5, 0.6) is 0 Å². The first kappa shape index (κ1) is 9.47. The van der Waals surface area contributed by atoms with Crippen LogP contribution in [-0.4, -0.2) is 35.7 Å². The normalized spacial score (nSPS) is 36.7. The van der Waals surface area contributed by atoms with Crippen LogP contribution in [0.15, 0.2) is 0 Å². The van der Waals surface area contributed by atoms with E-state index in [1.807, 2.05) is 0 Å². The molecular weight excluding hydrogens is 162 g/mol. The van der Waals surface area contributed by atoms with E-state index in [0.717, 1.165) is 13.0 Å². The van der Waals surface area contributed by atoms with Crippen molar-refractivity contribution < 1.29 is 5.11 Å². The standard InChI is InChI=1S/C11H21NO/c13-11-6-2-1-5-10(11)9-12-7-3-4-8-12/h10-11,13H,1-9H2. The predicted molar refractivity (Wildman–Crippen MR) is 53.6 cm³/mol. The molecule has 0 bridgehead atoms. The molecule has 0 aromatic heterocycles. The first-order chi connectivity index (χ1) is 6.36. The van der Waals surface area contributed by atoms with E-state index in [4.69, 9.17) is 0 Å². The second-order valence-electron chi connectivity index (χ2n) is 4.62. The highest BCUT2D eigenvalue weighted by Gasteiger charge is 2.25. The third kappa shape index (κ3) is 2.44. The number of aliphatic hydroxyl groups is 1. The molecule has 1 heterocycles. The van der Waals surface area contributed by atoms with E-state index in [9.17, 15) is 5.11 Å². The summed E-state index contributed by atoms with van der Waals surface area (Å²) >= 11 is 0. The molecule has 2 heteroatoms. The van der Waals surface area contributed by atoms with Crippen LogP contribution in [0.3, 0.4) is 0 Å². The Kier molecular flexibility index (Phi) is 3.23. The van der Waals surface area contributed by atoms with E-state index < -0.39 is 0 Å². The molecule has 0 aromatic carbocycles. The third-order valence-electron chi connectivity index (χ3n) is 3.56. The number of nitrogens with zero attached hydrogens (tertiary/aromatic N) is 1. The number of hydrogen-bond acceptors (Lipinski definition) is 2. The maximum atomic E-state index is 9.80. The van der Waals surface area contributed by atoms with Crippen molar-refractivity contribution in [3.63, 3.8) is 0 Å². The maximum absolute atomic E-state index is 9.80. The van der Waals surface area contributed by atoms with Crippen molar-refractivity contribution in [3.8, 4) is 0 Å². The molecule has 2 unspecified atom stereocenters. The zero-order chi connectivity index (χ0) is 9.10. The van der Waals surface area contributed by atoms with Gasteiger partial charge in [0.15, 0.2) is 0 Å². The molecule has 0 amide bonds. The quantitative estimate of drug-likeness (QED) is 0.703. The molecule has 2 nitrogen and oxygen atoms in total. The summed E-state index contributed by atoms with van der Waals surface area (Å²) in [5.74, 6) is 0.576. The lowest BCUT2D eigenvalue weighted by Gasteiger charge is -2.30. The van der Waals surface area contributed by atoms with Crippen molar-refractivity contribution in [2.24, 2.45) is 5.92 Å². The lowest BCUT2D eigenvalue weighted by molar-refractivity contribution is 0.0511. The van der Waals surface area contributed by atoms with Crippen molar-refractivity contribution in [2.75, 3.05) is 19.6 Å². The van der Waals surface area contributed by atoms with Crippen molar-refractivity contribution in [1.29, 1.82) is 0 Å². The molecule has 2 fully saturated rings. The zero-order valence-corrected chi connectivity index (χ0v) is 8.41. The Morgan fingerprint density at radius 3 is 2.38 bits per heavy atom. The highest BCUT2D eigenvalue weighted by molar-refractivity contribution is 4.79. The van der Waals surface area contributed by atoms with E-state index in [1.165, 1.54) is 45.2 Å². The van der Waals surface area contributed by atoms with Crippen LogP contribution in [0.25, 0.3) is 0 Å². The number of likely N-dealkylation sites (tertiary alicyclic amines) is 1. The van der Waals surface area contributed by atoms with Crippen LogP contribution < -0.4 is 0 Å². The summed E-state index contributed by atoms with van der Waals surface area (Å²) in [5.41, 5.74) is 0. The molecule has 1 saturated carbocycles. The van der Waals surface area contributed by atoms with Gasteiger partial charge in [0, 0.05) is 6.54 Å². The van der Waals surface area contributed by atoms with Crippen molar-refractivity contribution >= 4 is 0 Å². The lowest BCUT2D eigenvalue weighted by atomic mass is 9.86. The molecule has 0 spiro atoms. The van der Waals surface area contributed by atoms with Gasteiger partial charge in [-0.15, -0.1) is 0 Å². The Hall–Kier alpha value is -0.0800. The van der Waals surface area contributed by atoms with Crippen LogP contribution >= 0.6 is 0 Å². The molecule has 0 radical (unpaired) electrons. The van der Waals surface area contributed by atoms with E-state index in [-0.39, 0.29) is 6.10 Å². The minimum Gasteiger partial charge on any atom is -0.393 e.